The van der Waals surface area contributed by atoms with Crippen LogP contribution in [0.5, 0.6) is 0 Å². The van der Waals surface area contributed by atoms with Crippen molar-refractivity contribution in [3.8, 4) is 0 Å². The zero-order valence-corrected chi connectivity index (χ0v) is 14.5. The quantitative estimate of drug-likeness (QED) is 0.542. The van der Waals surface area contributed by atoms with Gasteiger partial charge in [0.05, 0.1) is 19.3 Å². The second-order valence-electron chi connectivity index (χ2n) is 5.07. The molecule has 1 aliphatic heterocycles. The van der Waals surface area contributed by atoms with Crippen molar-refractivity contribution < 1.29 is 14.3 Å². The molecule has 0 atom stereocenters. The lowest BCUT2D eigenvalue weighted by atomic mass is 10.1. The second kappa shape index (κ2) is 8.70. The maximum absolute atomic E-state index is 12.4. The van der Waals surface area contributed by atoms with E-state index >= 15 is 0 Å². The third-order valence-electron chi connectivity index (χ3n) is 3.59. The Labute approximate surface area is 139 Å². The molecule has 0 bridgehead atoms. The van der Waals surface area contributed by atoms with Crippen molar-refractivity contribution >= 4 is 28.5 Å². The van der Waals surface area contributed by atoms with Gasteiger partial charge < -0.3 is 14.4 Å². The summed E-state index contributed by atoms with van der Waals surface area (Å²) < 4.78 is 12.1. The van der Waals surface area contributed by atoms with Gasteiger partial charge in [-0.25, -0.2) is 0 Å². The normalized spacial score (nSPS) is 16.2. The second-order valence-corrected chi connectivity index (χ2v) is 6.32. The van der Waals surface area contributed by atoms with Gasteiger partial charge in [0.15, 0.2) is 0 Å². The fourth-order valence-corrected chi connectivity index (χ4v) is 2.99. The Kier molecular flexibility index (Phi) is 6.92. The minimum atomic E-state index is 0.126. The lowest BCUT2D eigenvalue weighted by Gasteiger charge is -2.32. The zero-order valence-electron chi connectivity index (χ0n) is 12.4. The standard InChI is InChI=1S/C16H22INO3/c1-2-20-10-11-21-15-6-8-18(9-7-15)16(19)13-4-3-5-14(17)12-13/h3-5,12,15H,2,6-11H2,1H3. The Morgan fingerprint density at radius 2 is 2.10 bits per heavy atom. The number of halogens is 1. The molecule has 1 aliphatic rings. The van der Waals surface area contributed by atoms with Gasteiger partial charge in [0.25, 0.3) is 5.91 Å². The smallest absolute Gasteiger partial charge is 0.253 e. The molecule has 21 heavy (non-hydrogen) atoms. The third-order valence-corrected chi connectivity index (χ3v) is 4.26. The molecule has 2 rings (SSSR count). The molecule has 0 N–H and O–H groups in total. The first-order valence-corrected chi connectivity index (χ1v) is 8.52. The first kappa shape index (κ1) is 16.7. The number of ether oxygens (including phenoxy) is 2. The van der Waals surface area contributed by atoms with Crippen LogP contribution in [0.1, 0.15) is 30.1 Å². The SMILES string of the molecule is CCOCCOC1CCN(C(=O)c2cccc(I)c2)CC1. The van der Waals surface area contributed by atoms with Gasteiger partial charge in [-0.3, -0.25) is 4.79 Å². The minimum Gasteiger partial charge on any atom is -0.379 e. The summed E-state index contributed by atoms with van der Waals surface area (Å²) in [4.78, 5) is 14.3. The topological polar surface area (TPSA) is 38.8 Å². The van der Waals surface area contributed by atoms with Gasteiger partial charge in [-0.05, 0) is 60.6 Å². The van der Waals surface area contributed by atoms with Crippen molar-refractivity contribution in [1.82, 2.24) is 4.90 Å². The highest BCUT2D eigenvalue weighted by atomic mass is 127. The molecule has 0 aromatic heterocycles. The van der Waals surface area contributed by atoms with E-state index in [4.69, 9.17) is 9.47 Å². The van der Waals surface area contributed by atoms with Crippen LogP contribution in [0.25, 0.3) is 0 Å². The van der Waals surface area contributed by atoms with Crippen molar-refractivity contribution in [2.75, 3.05) is 32.9 Å². The summed E-state index contributed by atoms with van der Waals surface area (Å²) in [6.45, 7) is 5.54. The molecule has 0 radical (unpaired) electrons. The molecular weight excluding hydrogens is 381 g/mol. The number of hydrogen-bond donors (Lipinski definition) is 0. The van der Waals surface area contributed by atoms with Crippen molar-refractivity contribution in [3.63, 3.8) is 0 Å². The van der Waals surface area contributed by atoms with Gasteiger partial charge in [0.1, 0.15) is 0 Å². The van der Waals surface area contributed by atoms with Crippen LogP contribution in [0.3, 0.4) is 0 Å². The number of carbonyl (C=O) groups is 1. The first-order valence-electron chi connectivity index (χ1n) is 7.45. The number of nitrogens with zero attached hydrogens (tertiary/aromatic N) is 1. The molecule has 1 saturated heterocycles. The average molecular weight is 403 g/mol. The average Bonchev–Trinajstić information content (AvgIpc) is 2.51. The van der Waals surface area contributed by atoms with Crippen LogP contribution in [0, 0.1) is 3.57 Å². The number of hydrogen-bond acceptors (Lipinski definition) is 3. The maximum Gasteiger partial charge on any atom is 0.253 e. The van der Waals surface area contributed by atoms with Gasteiger partial charge in [-0.1, -0.05) is 6.07 Å². The molecule has 0 saturated carbocycles. The molecule has 4 nitrogen and oxygen atoms in total. The van der Waals surface area contributed by atoms with E-state index < -0.39 is 0 Å². The van der Waals surface area contributed by atoms with E-state index in [1.165, 1.54) is 0 Å². The summed E-state index contributed by atoms with van der Waals surface area (Å²) in [6, 6.07) is 7.75. The molecule has 0 spiro atoms. The summed E-state index contributed by atoms with van der Waals surface area (Å²) in [5.74, 6) is 0.126. The number of rotatable bonds is 6. The highest BCUT2D eigenvalue weighted by Gasteiger charge is 2.23. The summed E-state index contributed by atoms with van der Waals surface area (Å²) in [5.41, 5.74) is 0.776. The van der Waals surface area contributed by atoms with E-state index in [0.29, 0.717) is 13.2 Å². The van der Waals surface area contributed by atoms with Crippen molar-refractivity contribution in [2.45, 2.75) is 25.9 Å². The van der Waals surface area contributed by atoms with E-state index in [0.717, 1.165) is 41.7 Å². The predicted molar refractivity (Wildman–Crippen MR) is 90.5 cm³/mol. The lowest BCUT2D eigenvalue weighted by Crippen LogP contribution is -2.41. The number of piperidine rings is 1. The molecule has 0 unspecified atom stereocenters. The summed E-state index contributed by atoms with van der Waals surface area (Å²) in [6.07, 6.45) is 2.06. The fourth-order valence-electron chi connectivity index (χ4n) is 2.45. The van der Waals surface area contributed by atoms with Crippen LogP contribution in [0.15, 0.2) is 24.3 Å². The highest BCUT2D eigenvalue weighted by Crippen LogP contribution is 2.17. The summed E-state index contributed by atoms with van der Waals surface area (Å²) in [7, 11) is 0. The summed E-state index contributed by atoms with van der Waals surface area (Å²) >= 11 is 2.23. The number of benzene rings is 1. The van der Waals surface area contributed by atoms with E-state index in [2.05, 4.69) is 22.6 Å². The maximum atomic E-state index is 12.4. The Bertz CT molecular complexity index is 459. The number of likely N-dealkylation sites (tertiary alicyclic amines) is 1. The van der Waals surface area contributed by atoms with Crippen molar-refractivity contribution in [2.24, 2.45) is 0 Å². The van der Waals surface area contributed by atoms with E-state index in [9.17, 15) is 4.79 Å². The molecule has 1 aromatic carbocycles. The molecule has 1 fully saturated rings. The van der Waals surface area contributed by atoms with Gasteiger partial charge in [0.2, 0.25) is 0 Å². The van der Waals surface area contributed by atoms with Crippen molar-refractivity contribution in [1.29, 1.82) is 0 Å². The van der Waals surface area contributed by atoms with Crippen LogP contribution >= 0.6 is 22.6 Å². The number of carbonyl (C=O) groups excluding carboxylic acids is 1. The Morgan fingerprint density at radius 1 is 1.33 bits per heavy atom. The molecule has 116 valence electrons. The molecule has 1 aromatic rings. The van der Waals surface area contributed by atoms with Crippen LogP contribution in [-0.4, -0.2) is 49.8 Å². The Hall–Kier alpha value is -0.660. The molecule has 5 heteroatoms. The van der Waals surface area contributed by atoms with E-state index in [1.54, 1.807) is 0 Å². The van der Waals surface area contributed by atoms with Crippen LogP contribution < -0.4 is 0 Å². The lowest BCUT2D eigenvalue weighted by molar-refractivity contribution is -0.0182. The Morgan fingerprint density at radius 3 is 2.76 bits per heavy atom. The molecule has 1 amide bonds. The molecule has 1 heterocycles. The molecular formula is C16H22INO3. The zero-order chi connectivity index (χ0) is 15.1. The van der Waals surface area contributed by atoms with Crippen LogP contribution in [0.2, 0.25) is 0 Å². The number of amides is 1. The monoisotopic (exact) mass is 403 g/mol. The largest absolute Gasteiger partial charge is 0.379 e. The Balaban J connectivity index is 1.77. The minimum absolute atomic E-state index is 0.126. The van der Waals surface area contributed by atoms with Gasteiger partial charge in [0, 0.05) is 28.8 Å². The molecule has 0 aliphatic carbocycles. The van der Waals surface area contributed by atoms with Crippen molar-refractivity contribution in [3.05, 3.63) is 33.4 Å². The van der Waals surface area contributed by atoms with Gasteiger partial charge >= 0.3 is 0 Å². The van der Waals surface area contributed by atoms with Gasteiger partial charge in [-0.2, -0.15) is 0 Å². The fraction of sp³-hybridized carbons (Fsp3) is 0.562. The van der Waals surface area contributed by atoms with Crippen LogP contribution in [-0.2, 0) is 9.47 Å². The van der Waals surface area contributed by atoms with Gasteiger partial charge in [-0.15, -0.1) is 0 Å². The van der Waals surface area contributed by atoms with Crippen LogP contribution in [0.4, 0.5) is 0 Å². The first-order chi connectivity index (χ1) is 10.2. The predicted octanol–water partition coefficient (Wildman–Crippen LogP) is 2.95. The third kappa shape index (κ3) is 5.23. The summed E-state index contributed by atoms with van der Waals surface area (Å²) in [5, 5.41) is 0. The van der Waals surface area contributed by atoms with E-state index in [-0.39, 0.29) is 12.0 Å². The highest BCUT2D eigenvalue weighted by molar-refractivity contribution is 14.1. The van der Waals surface area contributed by atoms with E-state index in [1.807, 2.05) is 36.1 Å².